The minimum absolute atomic E-state index is 0.420. The number of hydrogen-bond donors (Lipinski definition) is 0. The van der Waals surface area contributed by atoms with E-state index in [1.807, 2.05) is 26.0 Å². The number of aryl methyl sites for hydroxylation is 2. The molecule has 0 aliphatic carbocycles. The highest BCUT2D eigenvalue weighted by Crippen LogP contribution is 2.06. The summed E-state index contributed by atoms with van der Waals surface area (Å²) in [7, 11) is 0. The highest BCUT2D eigenvalue weighted by atomic mass is 16.5. The SMILES string of the molecule is Cc1cc(COCc2cc(C)on2)no1. The molecule has 2 aromatic heterocycles. The maximum Gasteiger partial charge on any atom is 0.134 e. The van der Waals surface area contributed by atoms with Gasteiger partial charge in [-0.05, 0) is 13.8 Å². The first kappa shape index (κ1) is 9.92. The number of aromatic nitrogens is 2. The lowest BCUT2D eigenvalue weighted by Gasteiger charge is -1.96. The summed E-state index contributed by atoms with van der Waals surface area (Å²) in [6, 6.07) is 3.68. The van der Waals surface area contributed by atoms with Crippen LogP contribution in [0.2, 0.25) is 0 Å². The van der Waals surface area contributed by atoms with Crippen molar-refractivity contribution in [3.63, 3.8) is 0 Å². The largest absolute Gasteiger partial charge is 0.369 e. The van der Waals surface area contributed by atoms with Gasteiger partial charge in [0.05, 0.1) is 13.2 Å². The summed E-state index contributed by atoms with van der Waals surface area (Å²) in [6.45, 7) is 4.53. The maximum absolute atomic E-state index is 5.39. The molecule has 0 aromatic carbocycles. The number of hydrogen-bond acceptors (Lipinski definition) is 5. The van der Waals surface area contributed by atoms with Gasteiger partial charge in [-0.25, -0.2) is 0 Å². The normalized spacial score (nSPS) is 10.8. The molecule has 0 atom stereocenters. The molecule has 0 aliphatic heterocycles. The number of nitrogens with zero attached hydrogens (tertiary/aromatic N) is 2. The predicted molar refractivity (Wildman–Crippen MR) is 51.0 cm³/mol. The van der Waals surface area contributed by atoms with Crippen LogP contribution in [0.3, 0.4) is 0 Å². The third kappa shape index (κ3) is 2.66. The minimum Gasteiger partial charge on any atom is -0.369 e. The van der Waals surface area contributed by atoms with Crippen LogP contribution in [-0.4, -0.2) is 10.3 Å². The van der Waals surface area contributed by atoms with Crippen LogP contribution in [0.25, 0.3) is 0 Å². The molecule has 0 N–H and O–H groups in total. The van der Waals surface area contributed by atoms with Gasteiger partial charge in [-0.3, -0.25) is 0 Å². The molecule has 0 bridgehead atoms. The van der Waals surface area contributed by atoms with Crippen LogP contribution in [0.4, 0.5) is 0 Å². The second-order valence-electron chi connectivity index (χ2n) is 3.35. The summed E-state index contributed by atoms with van der Waals surface area (Å²) in [4.78, 5) is 0. The lowest BCUT2D eigenvalue weighted by molar-refractivity contribution is 0.0974. The Balaban J connectivity index is 1.80. The first-order valence-electron chi connectivity index (χ1n) is 4.66. The van der Waals surface area contributed by atoms with Gasteiger partial charge in [0.15, 0.2) is 0 Å². The second kappa shape index (κ2) is 4.27. The van der Waals surface area contributed by atoms with Crippen molar-refractivity contribution in [1.29, 1.82) is 0 Å². The molecule has 0 aliphatic rings. The average Bonchev–Trinajstić information content (AvgIpc) is 2.76. The summed E-state index contributed by atoms with van der Waals surface area (Å²) in [5.74, 6) is 1.57. The van der Waals surface area contributed by atoms with Crippen LogP contribution in [0.5, 0.6) is 0 Å². The first-order chi connectivity index (χ1) is 7.24. The maximum atomic E-state index is 5.39. The number of ether oxygens (including phenoxy) is 1. The van der Waals surface area contributed by atoms with Crippen LogP contribution in [0, 0.1) is 13.8 Å². The lowest BCUT2D eigenvalue weighted by atomic mass is 10.4. The van der Waals surface area contributed by atoms with Crippen LogP contribution in [0.15, 0.2) is 21.2 Å². The smallest absolute Gasteiger partial charge is 0.134 e. The fourth-order valence-corrected chi connectivity index (χ4v) is 1.23. The first-order valence-corrected chi connectivity index (χ1v) is 4.66. The average molecular weight is 208 g/mol. The molecule has 0 saturated carbocycles. The van der Waals surface area contributed by atoms with Crippen LogP contribution >= 0.6 is 0 Å². The molecule has 2 heterocycles. The Morgan fingerprint density at radius 3 is 1.80 bits per heavy atom. The predicted octanol–water partition coefficient (Wildman–Crippen LogP) is 2.00. The van der Waals surface area contributed by atoms with Gasteiger partial charge in [0, 0.05) is 12.1 Å². The Bertz CT molecular complexity index is 393. The summed E-state index contributed by atoms with van der Waals surface area (Å²) in [5, 5.41) is 7.62. The monoisotopic (exact) mass is 208 g/mol. The molecule has 15 heavy (non-hydrogen) atoms. The molecular weight excluding hydrogens is 196 g/mol. The van der Waals surface area contributed by atoms with Crippen molar-refractivity contribution in [2.24, 2.45) is 0 Å². The highest BCUT2D eigenvalue weighted by molar-refractivity contribution is 5.03. The summed E-state index contributed by atoms with van der Waals surface area (Å²) in [5.41, 5.74) is 1.57. The molecular formula is C10H12N2O3. The molecule has 0 fully saturated rings. The molecule has 2 rings (SSSR count). The molecule has 0 radical (unpaired) electrons. The van der Waals surface area contributed by atoms with Crippen LogP contribution < -0.4 is 0 Å². The summed E-state index contributed by atoms with van der Waals surface area (Å²) in [6.07, 6.45) is 0. The Morgan fingerprint density at radius 2 is 1.47 bits per heavy atom. The van der Waals surface area contributed by atoms with E-state index in [2.05, 4.69) is 10.3 Å². The molecule has 2 aromatic rings. The van der Waals surface area contributed by atoms with E-state index in [1.165, 1.54) is 0 Å². The van der Waals surface area contributed by atoms with Crippen molar-refractivity contribution in [2.45, 2.75) is 27.1 Å². The Kier molecular flexibility index (Phi) is 2.82. The molecule has 80 valence electrons. The van der Waals surface area contributed by atoms with Gasteiger partial charge >= 0.3 is 0 Å². The molecule has 0 saturated heterocycles. The topological polar surface area (TPSA) is 61.3 Å². The van der Waals surface area contributed by atoms with Gasteiger partial charge in [0.1, 0.15) is 22.9 Å². The van der Waals surface area contributed by atoms with E-state index in [-0.39, 0.29) is 0 Å². The molecule has 5 heteroatoms. The van der Waals surface area contributed by atoms with E-state index >= 15 is 0 Å². The molecule has 0 unspecified atom stereocenters. The van der Waals surface area contributed by atoms with E-state index in [9.17, 15) is 0 Å². The van der Waals surface area contributed by atoms with Crippen LogP contribution in [0.1, 0.15) is 22.9 Å². The Morgan fingerprint density at radius 1 is 1.00 bits per heavy atom. The zero-order chi connectivity index (χ0) is 10.7. The molecule has 0 spiro atoms. The Labute approximate surface area is 87.0 Å². The third-order valence-corrected chi connectivity index (χ3v) is 1.85. The number of rotatable bonds is 4. The van der Waals surface area contributed by atoms with Crippen molar-refractivity contribution >= 4 is 0 Å². The Hall–Kier alpha value is -1.62. The van der Waals surface area contributed by atoms with Crippen molar-refractivity contribution in [3.05, 3.63) is 35.0 Å². The fraction of sp³-hybridized carbons (Fsp3) is 0.400. The third-order valence-electron chi connectivity index (χ3n) is 1.85. The van der Waals surface area contributed by atoms with E-state index in [1.54, 1.807) is 0 Å². The quantitative estimate of drug-likeness (QED) is 0.768. The van der Waals surface area contributed by atoms with Gasteiger partial charge in [0.2, 0.25) is 0 Å². The summed E-state index contributed by atoms with van der Waals surface area (Å²) >= 11 is 0. The molecule has 5 nitrogen and oxygen atoms in total. The van der Waals surface area contributed by atoms with E-state index in [4.69, 9.17) is 13.8 Å². The van der Waals surface area contributed by atoms with Gasteiger partial charge in [0.25, 0.3) is 0 Å². The van der Waals surface area contributed by atoms with Gasteiger partial charge in [-0.1, -0.05) is 10.3 Å². The summed E-state index contributed by atoms with van der Waals surface area (Å²) < 4.78 is 15.2. The van der Waals surface area contributed by atoms with E-state index in [0.29, 0.717) is 13.2 Å². The van der Waals surface area contributed by atoms with Crippen molar-refractivity contribution in [2.75, 3.05) is 0 Å². The zero-order valence-corrected chi connectivity index (χ0v) is 8.69. The van der Waals surface area contributed by atoms with Crippen molar-refractivity contribution in [3.8, 4) is 0 Å². The van der Waals surface area contributed by atoms with Crippen LogP contribution in [-0.2, 0) is 18.0 Å². The van der Waals surface area contributed by atoms with E-state index < -0.39 is 0 Å². The van der Waals surface area contributed by atoms with Crippen molar-refractivity contribution < 1.29 is 13.8 Å². The zero-order valence-electron chi connectivity index (χ0n) is 8.69. The van der Waals surface area contributed by atoms with Crippen molar-refractivity contribution in [1.82, 2.24) is 10.3 Å². The van der Waals surface area contributed by atoms with E-state index in [0.717, 1.165) is 22.9 Å². The van der Waals surface area contributed by atoms with Gasteiger partial charge < -0.3 is 13.8 Å². The second-order valence-corrected chi connectivity index (χ2v) is 3.35. The lowest BCUT2D eigenvalue weighted by Crippen LogP contribution is -1.94. The van der Waals surface area contributed by atoms with Gasteiger partial charge in [-0.2, -0.15) is 0 Å². The fourth-order valence-electron chi connectivity index (χ4n) is 1.23. The molecule has 0 amide bonds. The van der Waals surface area contributed by atoms with Gasteiger partial charge in [-0.15, -0.1) is 0 Å². The highest BCUT2D eigenvalue weighted by Gasteiger charge is 2.03. The standard InChI is InChI=1S/C10H12N2O3/c1-7-3-9(11-14-7)5-13-6-10-4-8(2)15-12-10/h3-4H,5-6H2,1-2H3. The minimum atomic E-state index is 0.420.